The van der Waals surface area contributed by atoms with Crippen LogP contribution in [0.15, 0.2) is 97.1 Å². The molecule has 0 bridgehead atoms. The highest BCUT2D eigenvalue weighted by atomic mass is 17.1. The fraction of sp³-hybridized carbons (Fsp3) is 0.111. The highest BCUT2D eigenvalue weighted by Crippen LogP contribution is 2.56. The number of ether oxygens (including phenoxy) is 1. The van der Waals surface area contributed by atoms with Gasteiger partial charge in [0.15, 0.2) is 5.75 Å². The standard InChI is InChI=1S/C27H22O4/c28-17-18-30-21-13-9-19(10-14-21)27(20-11-15-22(31-29)16-12-20)25-7-3-1-5-23(25)24-6-2-4-8-26(24)27/h1-16,28-29H,17-18H2. The first-order valence-electron chi connectivity index (χ1n) is 10.2. The predicted octanol–water partition coefficient (Wildman–Crippen LogP) is 5.27. The average molecular weight is 410 g/mol. The Morgan fingerprint density at radius 3 is 1.58 bits per heavy atom. The monoisotopic (exact) mass is 410 g/mol. The summed E-state index contributed by atoms with van der Waals surface area (Å²) in [6, 6.07) is 32.6. The van der Waals surface area contributed by atoms with E-state index in [9.17, 15) is 0 Å². The van der Waals surface area contributed by atoms with Crippen molar-refractivity contribution in [3.05, 3.63) is 119 Å². The molecule has 5 rings (SSSR count). The highest BCUT2D eigenvalue weighted by molar-refractivity contribution is 5.86. The SMILES string of the molecule is OCCOc1ccc(C2(c3ccc(OO)cc3)c3ccccc3-c3ccccc32)cc1. The van der Waals surface area contributed by atoms with Crippen LogP contribution in [0.25, 0.3) is 11.1 Å². The molecular formula is C27H22O4. The number of benzene rings is 4. The van der Waals surface area contributed by atoms with Crippen LogP contribution in [0.2, 0.25) is 0 Å². The molecule has 31 heavy (non-hydrogen) atoms. The number of aliphatic hydroxyl groups is 1. The Morgan fingerprint density at radius 2 is 1.10 bits per heavy atom. The van der Waals surface area contributed by atoms with Crippen molar-refractivity contribution in [1.29, 1.82) is 0 Å². The lowest BCUT2D eigenvalue weighted by Crippen LogP contribution is -2.28. The molecule has 4 nitrogen and oxygen atoms in total. The second-order valence-corrected chi connectivity index (χ2v) is 7.55. The molecule has 0 heterocycles. The lowest BCUT2D eigenvalue weighted by atomic mass is 9.68. The van der Waals surface area contributed by atoms with Crippen LogP contribution in [0.1, 0.15) is 22.3 Å². The van der Waals surface area contributed by atoms with E-state index in [1.54, 1.807) is 12.1 Å². The first kappa shape index (κ1) is 19.4. The van der Waals surface area contributed by atoms with Gasteiger partial charge in [0.05, 0.1) is 12.0 Å². The summed E-state index contributed by atoms with van der Waals surface area (Å²) in [5.41, 5.74) is 6.50. The number of hydrogen-bond acceptors (Lipinski definition) is 4. The first-order chi connectivity index (χ1) is 15.3. The van der Waals surface area contributed by atoms with Crippen molar-refractivity contribution in [3.63, 3.8) is 0 Å². The zero-order chi connectivity index (χ0) is 21.3. The van der Waals surface area contributed by atoms with Gasteiger partial charge in [-0.3, -0.25) is 0 Å². The number of rotatable bonds is 6. The van der Waals surface area contributed by atoms with E-state index < -0.39 is 5.41 Å². The maximum Gasteiger partial charge on any atom is 0.165 e. The zero-order valence-electron chi connectivity index (χ0n) is 16.9. The van der Waals surface area contributed by atoms with Crippen LogP contribution >= 0.6 is 0 Å². The Morgan fingerprint density at radius 1 is 0.613 bits per heavy atom. The molecule has 154 valence electrons. The second kappa shape index (κ2) is 7.91. The molecule has 1 aliphatic carbocycles. The number of hydrogen-bond donors (Lipinski definition) is 2. The van der Waals surface area contributed by atoms with Gasteiger partial charge < -0.3 is 14.7 Å². The molecule has 0 unspecified atom stereocenters. The molecule has 4 aromatic rings. The van der Waals surface area contributed by atoms with E-state index in [-0.39, 0.29) is 13.2 Å². The minimum atomic E-state index is -0.517. The molecule has 0 aliphatic heterocycles. The molecule has 0 spiro atoms. The molecule has 0 aromatic heterocycles. The van der Waals surface area contributed by atoms with Gasteiger partial charge in [-0.2, -0.15) is 0 Å². The first-order valence-corrected chi connectivity index (χ1v) is 10.2. The Hall–Kier alpha value is -3.60. The van der Waals surface area contributed by atoms with Crippen molar-refractivity contribution in [2.24, 2.45) is 0 Å². The van der Waals surface area contributed by atoms with E-state index in [4.69, 9.17) is 15.1 Å². The van der Waals surface area contributed by atoms with Crippen molar-refractivity contribution in [2.45, 2.75) is 5.41 Å². The van der Waals surface area contributed by atoms with E-state index in [0.717, 1.165) is 16.9 Å². The average Bonchev–Trinajstić information content (AvgIpc) is 3.14. The molecule has 0 amide bonds. The van der Waals surface area contributed by atoms with Crippen LogP contribution in [-0.2, 0) is 5.41 Å². The number of fused-ring (bicyclic) bond motifs is 3. The maximum atomic E-state index is 9.06. The van der Waals surface area contributed by atoms with Gasteiger partial charge in [0.1, 0.15) is 12.4 Å². The molecule has 0 radical (unpaired) electrons. The molecule has 0 saturated carbocycles. The highest BCUT2D eigenvalue weighted by Gasteiger charge is 2.45. The zero-order valence-corrected chi connectivity index (χ0v) is 16.9. The smallest absolute Gasteiger partial charge is 0.165 e. The van der Waals surface area contributed by atoms with Gasteiger partial charge in [-0.15, -0.1) is 0 Å². The van der Waals surface area contributed by atoms with Crippen molar-refractivity contribution < 1.29 is 20.0 Å². The summed E-state index contributed by atoms with van der Waals surface area (Å²) in [5, 5.41) is 18.1. The molecule has 0 saturated heterocycles. The molecular weight excluding hydrogens is 388 g/mol. The Kier molecular flexibility index (Phi) is 4.94. The molecule has 0 atom stereocenters. The Balaban J connectivity index is 1.79. The molecule has 4 aromatic carbocycles. The quantitative estimate of drug-likeness (QED) is 0.296. The summed E-state index contributed by atoms with van der Waals surface area (Å²) in [7, 11) is 0. The third-order valence-electron chi connectivity index (χ3n) is 5.99. The van der Waals surface area contributed by atoms with E-state index in [2.05, 4.69) is 65.6 Å². The summed E-state index contributed by atoms with van der Waals surface area (Å²) in [4.78, 5) is 4.43. The minimum Gasteiger partial charge on any atom is -0.491 e. The largest absolute Gasteiger partial charge is 0.491 e. The third kappa shape index (κ3) is 3.00. The summed E-state index contributed by atoms with van der Waals surface area (Å²) in [5.74, 6) is 1.11. The number of aliphatic hydroxyl groups excluding tert-OH is 1. The molecule has 4 heteroatoms. The summed E-state index contributed by atoms with van der Waals surface area (Å²) in [6.07, 6.45) is 0. The van der Waals surface area contributed by atoms with Crippen molar-refractivity contribution in [1.82, 2.24) is 0 Å². The van der Waals surface area contributed by atoms with Gasteiger partial charge >= 0.3 is 0 Å². The van der Waals surface area contributed by atoms with Crippen molar-refractivity contribution in [3.8, 4) is 22.6 Å². The molecule has 2 N–H and O–H groups in total. The lowest BCUT2D eigenvalue weighted by molar-refractivity contribution is -0.137. The van der Waals surface area contributed by atoms with Gasteiger partial charge in [0.25, 0.3) is 0 Å². The Bertz CT molecular complexity index is 1150. The van der Waals surface area contributed by atoms with Crippen LogP contribution in [0.3, 0.4) is 0 Å². The topological polar surface area (TPSA) is 58.9 Å². The van der Waals surface area contributed by atoms with Crippen molar-refractivity contribution in [2.75, 3.05) is 13.2 Å². The van der Waals surface area contributed by atoms with Gasteiger partial charge in [-0.25, -0.2) is 5.26 Å². The van der Waals surface area contributed by atoms with Crippen LogP contribution in [-0.4, -0.2) is 23.6 Å². The fourth-order valence-electron chi connectivity index (χ4n) is 4.75. The van der Waals surface area contributed by atoms with Crippen LogP contribution in [0, 0.1) is 0 Å². The maximum absolute atomic E-state index is 9.06. The Labute approximate surface area is 180 Å². The summed E-state index contributed by atoms with van der Waals surface area (Å²) >= 11 is 0. The van der Waals surface area contributed by atoms with Gasteiger partial charge in [0, 0.05) is 0 Å². The van der Waals surface area contributed by atoms with E-state index in [0.29, 0.717) is 5.75 Å². The van der Waals surface area contributed by atoms with Crippen LogP contribution < -0.4 is 9.62 Å². The van der Waals surface area contributed by atoms with E-state index >= 15 is 0 Å². The molecule has 1 aliphatic rings. The lowest BCUT2D eigenvalue weighted by Gasteiger charge is -2.34. The van der Waals surface area contributed by atoms with Gasteiger partial charge in [-0.05, 0) is 57.6 Å². The molecule has 0 fully saturated rings. The van der Waals surface area contributed by atoms with Crippen LogP contribution in [0.5, 0.6) is 11.5 Å². The summed E-state index contributed by atoms with van der Waals surface area (Å²) in [6.45, 7) is 0.241. The normalized spacial score (nSPS) is 13.4. The van der Waals surface area contributed by atoms with Gasteiger partial charge in [0.2, 0.25) is 0 Å². The predicted molar refractivity (Wildman–Crippen MR) is 120 cm³/mol. The van der Waals surface area contributed by atoms with Crippen LogP contribution in [0.4, 0.5) is 0 Å². The third-order valence-corrected chi connectivity index (χ3v) is 5.99. The van der Waals surface area contributed by atoms with Crippen molar-refractivity contribution >= 4 is 0 Å². The summed E-state index contributed by atoms with van der Waals surface area (Å²) < 4.78 is 5.59. The van der Waals surface area contributed by atoms with E-state index in [1.165, 1.54) is 22.3 Å². The van der Waals surface area contributed by atoms with E-state index in [1.807, 2.05) is 24.3 Å². The minimum absolute atomic E-state index is 0.0221. The fourth-order valence-corrected chi connectivity index (χ4v) is 4.75. The van der Waals surface area contributed by atoms with Gasteiger partial charge in [-0.1, -0.05) is 72.8 Å². The second-order valence-electron chi connectivity index (χ2n) is 7.55.